The number of hydrogen-bond donors (Lipinski definition) is 0. The van der Waals surface area contributed by atoms with Crippen LogP contribution in [-0.2, 0) is 38.4 Å². The summed E-state index contributed by atoms with van der Waals surface area (Å²) in [5.74, 6) is 0. The molecule has 0 fully saturated rings. The molecule has 0 spiro atoms. The number of aryl methyl sites for hydroxylation is 2. The van der Waals surface area contributed by atoms with E-state index in [0.717, 1.165) is 42.5 Å². The first-order valence-electron chi connectivity index (χ1n) is 21.1. The zero-order chi connectivity index (χ0) is 38.3. The summed E-state index contributed by atoms with van der Waals surface area (Å²) in [4.78, 5) is 5.39. The van der Waals surface area contributed by atoms with E-state index in [9.17, 15) is 0 Å². The van der Waals surface area contributed by atoms with Crippen molar-refractivity contribution >= 4 is 10.9 Å². The Kier molecular flexibility index (Phi) is 12.5. The molecule has 0 atom stereocenters. The van der Waals surface area contributed by atoms with E-state index in [2.05, 4.69) is 188 Å². The van der Waals surface area contributed by atoms with Gasteiger partial charge in [0.15, 0.2) is 0 Å². The fraction of sp³-hybridized carbons (Fsp3) is 0.196. The number of rotatable bonds is 15. The summed E-state index contributed by atoms with van der Waals surface area (Å²) in [5.41, 5.74) is 16.4. The molecule has 1 aliphatic rings. The van der Waals surface area contributed by atoms with Gasteiger partial charge in [0.25, 0.3) is 0 Å². The van der Waals surface area contributed by atoms with E-state index < -0.39 is 0 Å². The molecule has 1 aliphatic carbocycles. The molecule has 2 heteroatoms. The van der Waals surface area contributed by atoms with E-state index in [1.807, 2.05) is 0 Å². The van der Waals surface area contributed by atoms with Crippen LogP contribution in [0.25, 0.3) is 55.5 Å². The second-order valence-corrected chi connectivity index (χ2v) is 15.9. The van der Waals surface area contributed by atoms with Crippen molar-refractivity contribution in [2.75, 3.05) is 0 Å². The fourth-order valence-electron chi connectivity index (χ4n) is 9.39. The summed E-state index contributed by atoms with van der Waals surface area (Å²) >= 11 is 0. The third-order valence-corrected chi connectivity index (χ3v) is 12.3. The average Bonchev–Trinajstić information content (AvgIpc) is 3.55. The van der Waals surface area contributed by atoms with Crippen molar-refractivity contribution in [2.45, 2.75) is 69.6 Å². The number of pyridine rings is 1. The van der Waals surface area contributed by atoms with Crippen LogP contribution in [-0.4, -0.2) is 4.98 Å². The number of hydrogen-bond acceptors (Lipinski definition) is 1. The van der Waals surface area contributed by atoms with Gasteiger partial charge in [-0.2, -0.15) is 0 Å². The molecule has 7 aromatic carbocycles. The zero-order valence-electron chi connectivity index (χ0n) is 33.2. The van der Waals surface area contributed by atoms with Gasteiger partial charge < -0.3 is 0 Å². The van der Waals surface area contributed by atoms with Gasteiger partial charge >= 0.3 is 0 Å². The van der Waals surface area contributed by atoms with Crippen LogP contribution < -0.4 is 0 Å². The molecular formula is C56H50IrN-. The standard InChI is InChI=1S/C56H50N.Ir/c1-7-21-42(22-8-1)25-11-5-19-37-56(38-20-6-12-26-43-23-9-2-10-24-43)52-32-18-17-31-48(52)49-35-33-47(40-53(49)56)55-41-50(45-29-15-4-16-30-45)51-39-46(34-36-54(51)57-55)44-27-13-3-14-28-44;/h1-4,7-10,13-18,21-24,27-32,34-36,39-41H,5-6,11-12,19-20,25-26,37-38H2;/q-1;. The SMILES string of the molecule is [Ir].[c-]1cc2c(cc1-c1cc(-c3ccccc3)c3cc(-c4ccccc4)ccc3n1)C(CCCCCc1ccccc1)(CCCCCc1ccccc1)c1ccccc1-2. The van der Waals surface area contributed by atoms with E-state index in [4.69, 9.17) is 4.98 Å². The Hall–Kier alpha value is -5.40. The van der Waals surface area contributed by atoms with Gasteiger partial charge in [-0.25, -0.2) is 0 Å². The smallest absolute Gasteiger partial charge is 0.0602 e. The summed E-state index contributed by atoms with van der Waals surface area (Å²) in [6.07, 6.45) is 11.9. The van der Waals surface area contributed by atoms with Crippen LogP contribution in [0.5, 0.6) is 0 Å². The summed E-state index contributed by atoms with van der Waals surface area (Å²) in [6.45, 7) is 0. The van der Waals surface area contributed by atoms with Crippen LogP contribution in [0.3, 0.4) is 0 Å². The van der Waals surface area contributed by atoms with Crippen molar-refractivity contribution in [1.82, 2.24) is 4.98 Å². The molecule has 1 aromatic heterocycles. The Labute approximate surface area is 358 Å². The van der Waals surface area contributed by atoms with Crippen LogP contribution in [0.4, 0.5) is 0 Å². The average molecular weight is 929 g/mol. The number of nitrogens with zero attached hydrogens (tertiary/aromatic N) is 1. The molecular weight excluding hydrogens is 879 g/mol. The third kappa shape index (κ3) is 8.42. The Balaban J connectivity index is 0.00000469. The van der Waals surface area contributed by atoms with Gasteiger partial charge in [-0.05, 0) is 95.3 Å². The summed E-state index contributed by atoms with van der Waals surface area (Å²) in [6, 6.07) is 70.2. The Bertz CT molecular complexity index is 2510. The minimum atomic E-state index is -0.0427. The van der Waals surface area contributed by atoms with Crippen LogP contribution >= 0.6 is 0 Å². The first-order valence-corrected chi connectivity index (χ1v) is 21.1. The summed E-state index contributed by atoms with van der Waals surface area (Å²) < 4.78 is 0. The van der Waals surface area contributed by atoms with Crippen LogP contribution in [0.2, 0.25) is 0 Å². The maximum Gasteiger partial charge on any atom is 0.0602 e. The second kappa shape index (κ2) is 18.5. The first kappa shape index (κ1) is 39.4. The molecule has 1 heterocycles. The molecule has 0 saturated carbocycles. The van der Waals surface area contributed by atoms with Gasteiger partial charge in [-0.3, -0.25) is 4.98 Å². The molecule has 1 nitrogen and oxygen atoms in total. The summed E-state index contributed by atoms with van der Waals surface area (Å²) in [7, 11) is 0. The third-order valence-electron chi connectivity index (χ3n) is 12.3. The second-order valence-electron chi connectivity index (χ2n) is 15.9. The van der Waals surface area contributed by atoms with Gasteiger partial charge in [-0.1, -0.05) is 195 Å². The molecule has 8 aromatic rings. The van der Waals surface area contributed by atoms with Crippen LogP contribution in [0, 0.1) is 6.07 Å². The van der Waals surface area contributed by atoms with Gasteiger partial charge in [0.1, 0.15) is 0 Å². The summed E-state index contributed by atoms with van der Waals surface area (Å²) in [5, 5.41) is 1.17. The minimum absolute atomic E-state index is 0. The minimum Gasteiger partial charge on any atom is -0.296 e. The van der Waals surface area contributed by atoms with Crippen LogP contribution in [0.1, 0.15) is 73.6 Å². The maximum absolute atomic E-state index is 5.39. The van der Waals surface area contributed by atoms with E-state index in [1.54, 1.807) is 0 Å². The molecule has 0 aliphatic heterocycles. The molecule has 9 rings (SSSR count). The van der Waals surface area contributed by atoms with Gasteiger partial charge in [0.2, 0.25) is 0 Å². The van der Waals surface area contributed by atoms with Gasteiger partial charge in [0, 0.05) is 30.9 Å². The number of benzene rings is 7. The normalized spacial score (nSPS) is 12.5. The number of aromatic nitrogens is 1. The van der Waals surface area contributed by atoms with Crippen molar-refractivity contribution in [2.24, 2.45) is 0 Å². The number of unbranched alkanes of at least 4 members (excludes halogenated alkanes) is 4. The topological polar surface area (TPSA) is 12.9 Å². The quantitative estimate of drug-likeness (QED) is 0.0737. The molecule has 0 saturated heterocycles. The van der Waals surface area contributed by atoms with Crippen molar-refractivity contribution in [3.63, 3.8) is 0 Å². The predicted octanol–water partition coefficient (Wildman–Crippen LogP) is 14.9. The van der Waals surface area contributed by atoms with Crippen molar-refractivity contribution in [3.05, 3.63) is 210 Å². The first-order chi connectivity index (χ1) is 28.2. The Morgan fingerprint density at radius 3 is 1.64 bits per heavy atom. The molecule has 0 amide bonds. The van der Waals surface area contributed by atoms with Gasteiger partial charge in [-0.15, -0.1) is 29.3 Å². The Morgan fingerprint density at radius 2 is 1.00 bits per heavy atom. The maximum atomic E-state index is 5.39. The predicted molar refractivity (Wildman–Crippen MR) is 240 cm³/mol. The molecule has 0 unspecified atom stereocenters. The monoisotopic (exact) mass is 929 g/mol. The van der Waals surface area contributed by atoms with Crippen molar-refractivity contribution < 1.29 is 20.1 Å². The van der Waals surface area contributed by atoms with E-state index >= 15 is 0 Å². The van der Waals surface area contributed by atoms with E-state index in [1.165, 1.54) is 99.5 Å². The van der Waals surface area contributed by atoms with Gasteiger partial charge in [0.05, 0.1) is 5.52 Å². The Morgan fingerprint density at radius 1 is 0.431 bits per heavy atom. The molecule has 58 heavy (non-hydrogen) atoms. The van der Waals surface area contributed by atoms with Crippen LogP contribution in [0.15, 0.2) is 182 Å². The number of fused-ring (bicyclic) bond motifs is 4. The van der Waals surface area contributed by atoms with Crippen molar-refractivity contribution in [3.8, 4) is 44.6 Å². The fourth-order valence-corrected chi connectivity index (χ4v) is 9.39. The molecule has 289 valence electrons. The molecule has 0 N–H and O–H groups in total. The van der Waals surface area contributed by atoms with E-state index in [0.29, 0.717) is 0 Å². The molecule has 0 bridgehead atoms. The van der Waals surface area contributed by atoms with E-state index in [-0.39, 0.29) is 25.5 Å². The largest absolute Gasteiger partial charge is 0.296 e. The molecule has 1 radical (unpaired) electrons. The zero-order valence-corrected chi connectivity index (χ0v) is 35.6. The van der Waals surface area contributed by atoms with Crippen molar-refractivity contribution in [1.29, 1.82) is 0 Å².